The van der Waals surface area contributed by atoms with Gasteiger partial charge in [-0.15, -0.1) is 0 Å². The van der Waals surface area contributed by atoms with Crippen LogP contribution < -0.4 is 0 Å². The van der Waals surface area contributed by atoms with E-state index in [0.717, 1.165) is 9.39 Å². The van der Waals surface area contributed by atoms with E-state index in [2.05, 4.69) is 27.6 Å². The largest absolute Gasteiger partial charge is 0.236 e. The molecule has 110 valence electrons. The van der Waals surface area contributed by atoms with Gasteiger partial charge in [-0.05, 0) is 48.3 Å². The van der Waals surface area contributed by atoms with Crippen molar-refractivity contribution in [2.24, 2.45) is 0 Å². The standard InChI is InChI=1S/C16H22ClIN2/c17-15-13(18)14(11-7-5-6-8-11)19-16(20-15)12-9-3-1-2-4-10-12/h11-12H,1-10H2. The lowest BCUT2D eigenvalue weighted by Gasteiger charge is -2.18. The molecule has 2 saturated carbocycles. The Kier molecular flexibility index (Phi) is 5.18. The molecule has 3 rings (SSSR count). The summed E-state index contributed by atoms with van der Waals surface area (Å²) in [5, 5.41) is 0.682. The molecule has 0 atom stereocenters. The maximum Gasteiger partial charge on any atom is 0.146 e. The fourth-order valence-corrected chi connectivity index (χ4v) is 4.51. The van der Waals surface area contributed by atoms with Crippen LogP contribution in [0.2, 0.25) is 5.15 Å². The van der Waals surface area contributed by atoms with E-state index < -0.39 is 0 Å². The molecule has 0 spiro atoms. The lowest BCUT2D eigenvalue weighted by Crippen LogP contribution is -2.10. The SMILES string of the molecule is Clc1nc(C2CCCCCC2)nc(C2CCCC2)c1I. The van der Waals surface area contributed by atoms with Crippen LogP contribution in [0.25, 0.3) is 0 Å². The van der Waals surface area contributed by atoms with Crippen molar-refractivity contribution < 1.29 is 0 Å². The minimum absolute atomic E-state index is 0.534. The second-order valence-electron chi connectivity index (χ2n) is 6.24. The van der Waals surface area contributed by atoms with Crippen LogP contribution >= 0.6 is 34.2 Å². The van der Waals surface area contributed by atoms with E-state index in [1.807, 2.05) is 0 Å². The van der Waals surface area contributed by atoms with E-state index >= 15 is 0 Å². The van der Waals surface area contributed by atoms with Gasteiger partial charge in [0, 0.05) is 11.8 Å². The van der Waals surface area contributed by atoms with Gasteiger partial charge in [0.25, 0.3) is 0 Å². The molecule has 0 bridgehead atoms. The molecular formula is C16H22ClIN2. The van der Waals surface area contributed by atoms with Crippen molar-refractivity contribution in [2.45, 2.75) is 76.0 Å². The van der Waals surface area contributed by atoms with Gasteiger partial charge in [0.2, 0.25) is 0 Å². The predicted molar refractivity (Wildman–Crippen MR) is 91.4 cm³/mol. The normalized spacial score (nSPS) is 22.1. The highest BCUT2D eigenvalue weighted by Gasteiger charge is 2.25. The molecule has 2 aliphatic carbocycles. The molecule has 1 aromatic heterocycles. The number of hydrogen-bond donors (Lipinski definition) is 0. The Hall–Kier alpha value is 0.100. The Balaban J connectivity index is 1.90. The lowest BCUT2D eigenvalue weighted by atomic mass is 9.98. The van der Waals surface area contributed by atoms with E-state index in [9.17, 15) is 0 Å². The summed E-state index contributed by atoms with van der Waals surface area (Å²) in [7, 11) is 0. The zero-order chi connectivity index (χ0) is 13.9. The van der Waals surface area contributed by atoms with Gasteiger partial charge in [0.1, 0.15) is 11.0 Å². The molecule has 2 aliphatic rings. The second-order valence-corrected chi connectivity index (χ2v) is 7.68. The zero-order valence-corrected chi connectivity index (χ0v) is 14.8. The van der Waals surface area contributed by atoms with Gasteiger partial charge in [-0.25, -0.2) is 9.97 Å². The van der Waals surface area contributed by atoms with Gasteiger partial charge >= 0.3 is 0 Å². The Labute approximate surface area is 140 Å². The molecule has 1 aromatic rings. The number of aromatic nitrogens is 2. The zero-order valence-electron chi connectivity index (χ0n) is 11.9. The van der Waals surface area contributed by atoms with E-state index in [1.165, 1.54) is 69.9 Å². The van der Waals surface area contributed by atoms with Crippen LogP contribution in [0.5, 0.6) is 0 Å². The van der Waals surface area contributed by atoms with Crippen LogP contribution in [0.3, 0.4) is 0 Å². The van der Waals surface area contributed by atoms with Gasteiger partial charge in [-0.1, -0.05) is 50.1 Å². The summed E-state index contributed by atoms with van der Waals surface area (Å²) in [6, 6.07) is 0. The smallest absolute Gasteiger partial charge is 0.146 e. The third-order valence-corrected chi connectivity index (χ3v) is 6.47. The first-order chi connectivity index (χ1) is 9.75. The summed E-state index contributed by atoms with van der Waals surface area (Å²) >= 11 is 8.73. The molecule has 0 radical (unpaired) electrons. The Morgan fingerprint density at radius 1 is 0.800 bits per heavy atom. The van der Waals surface area contributed by atoms with Gasteiger partial charge in [0.05, 0.1) is 9.26 Å². The molecule has 0 N–H and O–H groups in total. The number of hydrogen-bond acceptors (Lipinski definition) is 2. The summed E-state index contributed by atoms with van der Waals surface area (Å²) in [4.78, 5) is 9.59. The van der Waals surface area contributed by atoms with Crippen molar-refractivity contribution in [3.05, 3.63) is 20.2 Å². The first-order valence-electron chi connectivity index (χ1n) is 7.98. The molecule has 4 heteroatoms. The van der Waals surface area contributed by atoms with Crippen molar-refractivity contribution in [2.75, 3.05) is 0 Å². The molecule has 0 aliphatic heterocycles. The summed E-state index contributed by atoms with van der Waals surface area (Å²) in [5.74, 6) is 2.18. The van der Waals surface area contributed by atoms with Crippen LogP contribution in [0.1, 0.15) is 87.6 Å². The predicted octanol–water partition coefficient (Wildman–Crippen LogP) is 5.83. The average molecular weight is 405 g/mol. The van der Waals surface area contributed by atoms with E-state index in [4.69, 9.17) is 16.6 Å². The Morgan fingerprint density at radius 2 is 1.35 bits per heavy atom. The van der Waals surface area contributed by atoms with Crippen molar-refractivity contribution in [1.82, 2.24) is 9.97 Å². The second kappa shape index (κ2) is 6.91. The number of nitrogens with zero attached hydrogens (tertiary/aromatic N) is 2. The Morgan fingerprint density at radius 3 is 2.00 bits per heavy atom. The molecular weight excluding hydrogens is 383 g/mol. The monoisotopic (exact) mass is 404 g/mol. The highest BCUT2D eigenvalue weighted by Crippen LogP contribution is 2.38. The fraction of sp³-hybridized carbons (Fsp3) is 0.750. The van der Waals surface area contributed by atoms with Crippen LogP contribution in [0, 0.1) is 3.57 Å². The minimum Gasteiger partial charge on any atom is -0.236 e. The summed E-state index contributed by atoms with van der Waals surface area (Å²) in [6.07, 6.45) is 13.0. The van der Waals surface area contributed by atoms with Crippen molar-refractivity contribution >= 4 is 34.2 Å². The van der Waals surface area contributed by atoms with Crippen molar-refractivity contribution in [3.63, 3.8) is 0 Å². The Bertz CT molecular complexity index is 464. The number of halogens is 2. The summed E-state index contributed by atoms with van der Waals surface area (Å²) in [6.45, 7) is 0. The van der Waals surface area contributed by atoms with Crippen molar-refractivity contribution in [3.8, 4) is 0 Å². The lowest BCUT2D eigenvalue weighted by molar-refractivity contribution is 0.550. The minimum atomic E-state index is 0.534. The van der Waals surface area contributed by atoms with Crippen LogP contribution in [0.15, 0.2) is 0 Å². The maximum absolute atomic E-state index is 6.40. The first kappa shape index (κ1) is 15.0. The highest BCUT2D eigenvalue weighted by molar-refractivity contribution is 14.1. The maximum atomic E-state index is 6.40. The third-order valence-electron chi connectivity index (χ3n) is 4.82. The average Bonchev–Trinajstić information content (AvgIpc) is 2.84. The van der Waals surface area contributed by atoms with E-state index in [-0.39, 0.29) is 0 Å². The van der Waals surface area contributed by atoms with Crippen molar-refractivity contribution in [1.29, 1.82) is 0 Å². The summed E-state index contributed by atoms with van der Waals surface area (Å²) < 4.78 is 1.09. The van der Waals surface area contributed by atoms with Crippen LogP contribution in [-0.2, 0) is 0 Å². The quantitative estimate of drug-likeness (QED) is 0.352. The molecule has 2 nitrogen and oxygen atoms in total. The number of rotatable bonds is 2. The first-order valence-corrected chi connectivity index (χ1v) is 9.44. The molecule has 0 unspecified atom stereocenters. The third kappa shape index (κ3) is 3.29. The molecule has 0 saturated heterocycles. The molecule has 2 fully saturated rings. The highest BCUT2D eigenvalue weighted by atomic mass is 127. The van der Waals surface area contributed by atoms with Gasteiger partial charge in [0.15, 0.2) is 0 Å². The van der Waals surface area contributed by atoms with Crippen LogP contribution in [-0.4, -0.2) is 9.97 Å². The molecule has 0 aromatic carbocycles. The van der Waals surface area contributed by atoms with E-state index in [1.54, 1.807) is 0 Å². The van der Waals surface area contributed by atoms with Gasteiger partial charge < -0.3 is 0 Å². The molecule has 20 heavy (non-hydrogen) atoms. The fourth-order valence-electron chi connectivity index (χ4n) is 3.64. The molecule has 1 heterocycles. The molecule has 0 amide bonds. The van der Waals surface area contributed by atoms with Crippen LogP contribution in [0.4, 0.5) is 0 Å². The summed E-state index contributed by atoms with van der Waals surface area (Å²) in [5.41, 5.74) is 1.24. The van der Waals surface area contributed by atoms with E-state index in [0.29, 0.717) is 17.0 Å². The van der Waals surface area contributed by atoms with Gasteiger partial charge in [-0.3, -0.25) is 0 Å². The van der Waals surface area contributed by atoms with Gasteiger partial charge in [-0.2, -0.15) is 0 Å². The topological polar surface area (TPSA) is 25.8 Å².